The molecular formula is C20H28. The molecule has 0 N–H and O–H groups in total. The molecule has 1 aromatic carbocycles. The molecule has 0 saturated carbocycles. The zero-order valence-electron chi connectivity index (χ0n) is 15.6. The summed E-state index contributed by atoms with van der Waals surface area (Å²) in [6.07, 6.45) is 3.73. The van der Waals surface area contributed by atoms with Crippen LogP contribution in [0.1, 0.15) is 55.7 Å². The number of hydrogen-bond donors (Lipinski definition) is 0. The summed E-state index contributed by atoms with van der Waals surface area (Å²) in [4.78, 5) is 0. The summed E-state index contributed by atoms with van der Waals surface area (Å²) in [6.45, 7) is 13.0. The molecule has 1 aliphatic rings. The Labute approximate surface area is 127 Å². The predicted octanol–water partition coefficient (Wildman–Crippen LogP) is 5.97. The molecule has 0 heterocycles. The molecule has 0 aromatic heterocycles. The van der Waals surface area contributed by atoms with Gasteiger partial charge in [0.1, 0.15) is 0 Å². The highest BCUT2D eigenvalue weighted by Crippen LogP contribution is 2.50. The third-order valence-corrected chi connectivity index (χ3v) is 3.88. The van der Waals surface area contributed by atoms with Crippen LogP contribution in [0.2, 0.25) is 0 Å². The predicted molar refractivity (Wildman–Crippen MR) is 88.8 cm³/mol. The molecule has 0 bridgehead atoms. The fraction of sp³-hybridized carbons (Fsp3) is 0.500. The van der Waals surface area contributed by atoms with E-state index in [1.165, 1.54) is 0 Å². The number of benzene rings is 1. The van der Waals surface area contributed by atoms with E-state index in [1.807, 2.05) is 42.5 Å². The van der Waals surface area contributed by atoms with Gasteiger partial charge in [0, 0.05) is 7.26 Å². The van der Waals surface area contributed by atoms with E-state index in [1.54, 1.807) is 0 Å². The molecule has 0 spiro atoms. The maximum atomic E-state index is 9.27. The molecule has 20 heavy (non-hydrogen) atoms. The number of hydrogen-bond acceptors (Lipinski definition) is 0. The fourth-order valence-corrected chi connectivity index (χ4v) is 3.00. The molecule has 2 atom stereocenters. The molecule has 0 radical (unpaired) electrons. The van der Waals surface area contributed by atoms with Crippen molar-refractivity contribution in [2.24, 2.45) is 16.7 Å². The van der Waals surface area contributed by atoms with E-state index in [0.29, 0.717) is 6.05 Å². The Bertz CT molecular complexity index is 597. The topological polar surface area (TPSA) is 0 Å². The Morgan fingerprint density at radius 2 is 1.60 bits per heavy atom. The van der Waals surface area contributed by atoms with Crippen LogP contribution in [0.5, 0.6) is 0 Å². The van der Waals surface area contributed by atoms with Crippen molar-refractivity contribution in [3.8, 4) is 0 Å². The Hall–Kier alpha value is -1.30. The molecular weight excluding hydrogens is 240 g/mol. The van der Waals surface area contributed by atoms with E-state index >= 15 is 0 Å². The summed E-state index contributed by atoms with van der Waals surface area (Å²) in [6, 6.07) is 10.6. The van der Waals surface area contributed by atoms with Gasteiger partial charge >= 0.3 is 0 Å². The summed E-state index contributed by atoms with van der Waals surface area (Å²) in [5, 5.41) is 0. The van der Waals surface area contributed by atoms with Crippen molar-refractivity contribution in [1.29, 1.82) is 0 Å². The third-order valence-electron chi connectivity index (χ3n) is 3.88. The lowest BCUT2D eigenvalue weighted by Gasteiger charge is -2.44. The molecule has 0 aliphatic heterocycles. The largest absolute Gasteiger partial charge is 0.0764 e. The Balaban J connectivity index is 2.70. The fourth-order valence-electron chi connectivity index (χ4n) is 3.00. The number of allylic oxidation sites excluding steroid dienone is 4. The first kappa shape index (κ1) is 12.4. The summed E-state index contributed by atoms with van der Waals surface area (Å²) in [5.74, 6) is -0.855. The van der Waals surface area contributed by atoms with Gasteiger partial charge in [-0.15, -0.1) is 0 Å². The second-order valence-electron chi connectivity index (χ2n) is 7.76. The normalized spacial score (nSPS) is 29.2. The van der Waals surface area contributed by atoms with Crippen molar-refractivity contribution in [3.63, 3.8) is 0 Å². The Kier molecular flexibility index (Phi) is 3.26. The molecule has 1 aliphatic carbocycles. The van der Waals surface area contributed by atoms with Gasteiger partial charge in [0.15, 0.2) is 0 Å². The molecule has 2 unspecified atom stereocenters. The van der Waals surface area contributed by atoms with Crippen LogP contribution in [0, 0.1) is 16.7 Å². The molecule has 108 valence electrons. The zero-order chi connectivity index (χ0) is 16.8. The van der Waals surface area contributed by atoms with Crippen LogP contribution >= 0.6 is 0 Å². The van der Waals surface area contributed by atoms with Crippen molar-refractivity contribution < 1.29 is 2.74 Å². The minimum absolute atomic E-state index is 0.0279. The maximum Gasteiger partial charge on any atom is 0.0622 e. The van der Waals surface area contributed by atoms with Gasteiger partial charge in [-0.3, -0.25) is 0 Å². The van der Waals surface area contributed by atoms with Gasteiger partial charge in [-0.1, -0.05) is 95.7 Å². The van der Waals surface area contributed by atoms with Crippen LogP contribution in [-0.4, -0.2) is 0 Å². The van der Waals surface area contributed by atoms with Gasteiger partial charge in [0.25, 0.3) is 0 Å². The van der Waals surface area contributed by atoms with Crippen LogP contribution < -0.4 is 0 Å². The average molecular weight is 270 g/mol. The molecule has 0 fully saturated rings. The Morgan fingerprint density at radius 3 is 2.10 bits per heavy atom. The van der Waals surface area contributed by atoms with Crippen LogP contribution in [-0.2, 0) is 0 Å². The smallest absolute Gasteiger partial charge is 0.0622 e. The Morgan fingerprint density at radius 1 is 1.00 bits per heavy atom. The van der Waals surface area contributed by atoms with Crippen LogP contribution in [0.3, 0.4) is 0 Å². The second kappa shape index (κ2) is 5.24. The van der Waals surface area contributed by atoms with E-state index in [2.05, 4.69) is 41.5 Å². The van der Waals surface area contributed by atoms with Crippen molar-refractivity contribution in [2.45, 2.75) is 47.4 Å². The van der Waals surface area contributed by atoms with Gasteiger partial charge in [-0.2, -0.15) is 0 Å². The standard InChI is InChI=1S/C20H28/c1-19(2,3)17-14-10-13-16(18(17)20(4,5)6)15-11-8-7-9-12-15/h7-14,16,18H,1-6H3/i14D,16D. The van der Waals surface area contributed by atoms with Gasteiger partial charge in [-0.25, -0.2) is 0 Å². The van der Waals surface area contributed by atoms with E-state index < -0.39 is 5.89 Å². The summed E-state index contributed by atoms with van der Waals surface area (Å²) < 4.78 is 17.7. The minimum Gasteiger partial charge on any atom is -0.0764 e. The van der Waals surface area contributed by atoms with Crippen molar-refractivity contribution in [2.75, 3.05) is 0 Å². The molecule has 0 heteroatoms. The van der Waals surface area contributed by atoms with Crippen molar-refractivity contribution in [3.05, 3.63) is 59.7 Å². The zero-order valence-corrected chi connectivity index (χ0v) is 13.6. The lowest BCUT2D eigenvalue weighted by molar-refractivity contribution is 0.222. The monoisotopic (exact) mass is 270 g/mol. The summed E-state index contributed by atoms with van der Waals surface area (Å²) in [7, 11) is 0. The van der Waals surface area contributed by atoms with E-state index in [9.17, 15) is 1.37 Å². The highest BCUT2D eigenvalue weighted by Gasteiger charge is 2.39. The number of rotatable bonds is 1. The molecule has 0 saturated heterocycles. The average Bonchev–Trinajstić information content (AvgIpc) is 2.39. The van der Waals surface area contributed by atoms with Crippen LogP contribution in [0.15, 0.2) is 54.1 Å². The van der Waals surface area contributed by atoms with Gasteiger partial charge in [0.2, 0.25) is 0 Å². The first-order valence-corrected chi connectivity index (χ1v) is 7.44. The first-order valence-electron chi connectivity index (χ1n) is 8.44. The van der Waals surface area contributed by atoms with E-state index in [-0.39, 0.29) is 16.7 Å². The maximum absolute atomic E-state index is 9.27. The van der Waals surface area contributed by atoms with E-state index in [0.717, 1.165) is 11.1 Å². The SMILES string of the molecule is [2H]C1=C(C(C)(C)C)C(C(C)(C)C)C([2H])(c2ccccc2)C=C1. The quantitative estimate of drug-likeness (QED) is 0.589. The highest BCUT2D eigenvalue weighted by molar-refractivity contribution is 5.37. The minimum atomic E-state index is -0.827. The van der Waals surface area contributed by atoms with Crippen molar-refractivity contribution >= 4 is 0 Å². The molecule has 0 nitrogen and oxygen atoms in total. The molecule has 2 rings (SSSR count). The van der Waals surface area contributed by atoms with Crippen LogP contribution in [0.25, 0.3) is 0 Å². The lowest BCUT2D eigenvalue weighted by atomic mass is 9.60. The van der Waals surface area contributed by atoms with E-state index in [4.69, 9.17) is 1.37 Å². The lowest BCUT2D eigenvalue weighted by Crippen LogP contribution is -2.34. The van der Waals surface area contributed by atoms with Gasteiger partial charge < -0.3 is 0 Å². The second-order valence-corrected chi connectivity index (χ2v) is 7.76. The summed E-state index contributed by atoms with van der Waals surface area (Å²) >= 11 is 0. The third kappa shape index (κ3) is 3.06. The van der Waals surface area contributed by atoms with Crippen molar-refractivity contribution in [1.82, 2.24) is 0 Å². The molecule has 1 aromatic rings. The molecule has 0 amide bonds. The summed E-state index contributed by atoms with van der Waals surface area (Å²) in [5.41, 5.74) is 1.86. The van der Waals surface area contributed by atoms with Gasteiger partial charge in [-0.05, 0) is 22.3 Å². The van der Waals surface area contributed by atoms with Crippen LogP contribution in [0.4, 0.5) is 0 Å². The first-order chi connectivity index (χ1) is 9.98. The highest BCUT2D eigenvalue weighted by atomic mass is 14.4. The van der Waals surface area contributed by atoms with Gasteiger partial charge in [0.05, 0.1) is 1.37 Å².